The number of fused-ring (bicyclic) bond motifs is 1. The van der Waals surface area contributed by atoms with Crippen LogP contribution in [-0.2, 0) is 14.2 Å². The van der Waals surface area contributed by atoms with Crippen molar-refractivity contribution in [3.8, 4) is 0 Å². The van der Waals surface area contributed by atoms with Gasteiger partial charge in [-0.15, -0.1) is 0 Å². The lowest BCUT2D eigenvalue weighted by atomic mass is 10.1. The van der Waals surface area contributed by atoms with Crippen LogP contribution in [0.1, 0.15) is 13.8 Å². The van der Waals surface area contributed by atoms with Gasteiger partial charge in [-0.25, -0.2) is 4.39 Å². The molecule has 0 aliphatic carbocycles. The van der Waals surface area contributed by atoms with Gasteiger partial charge in [-0.1, -0.05) is 0 Å². The van der Waals surface area contributed by atoms with Crippen LogP contribution in [0.3, 0.4) is 0 Å². The topological polar surface area (TPSA) is 68.2 Å². The summed E-state index contributed by atoms with van der Waals surface area (Å²) in [6, 6.07) is 0. The first kappa shape index (κ1) is 11.2. The lowest BCUT2D eigenvalue weighted by molar-refractivity contribution is -0.222. The molecule has 0 radical (unpaired) electrons. The zero-order valence-electron chi connectivity index (χ0n) is 8.59. The largest absolute Gasteiger partial charge is 0.394 e. The molecule has 2 fully saturated rings. The summed E-state index contributed by atoms with van der Waals surface area (Å²) >= 11 is 0. The van der Waals surface area contributed by atoms with E-state index in [0.717, 1.165) is 0 Å². The number of hydrogen-bond donors (Lipinski definition) is 2. The molecule has 88 valence electrons. The van der Waals surface area contributed by atoms with Crippen LogP contribution in [0.2, 0.25) is 0 Å². The molecular formula is C9H15FO5. The lowest BCUT2D eigenvalue weighted by Gasteiger charge is -2.23. The highest BCUT2D eigenvalue weighted by molar-refractivity contribution is 4.95. The molecule has 2 saturated heterocycles. The molecule has 0 bridgehead atoms. The Hall–Kier alpha value is -0.270. The second-order valence-corrected chi connectivity index (χ2v) is 4.26. The smallest absolute Gasteiger partial charge is 0.190 e. The van der Waals surface area contributed by atoms with Crippen LogP contribution in [0, 0.1) is 0 Å². The average molecular weight is 222 g/mol. The summed E-state index contributed by atoms with van der Waals surface area (Å²) in [6.07, 6.45) is -5.45. The van der Waals surface area contributed by atoms with Crippen LogP contribution in [-0.4, -0.2) is 53.4 Å². The van der Waals surface area contributed by atoms with E-state index in [-0.39, 0.29) is 0 Å². The van der Waals surface area contributed by atoms with Crippen LogP contribution in [0.5, 0.6) is 0 Å². The number of halogens is 1. The molecule has 5 unspecified atom stereocenters. The number of rotatable bonds is 2. The Morgan fingerprint density at radius 1 is 1.40 bits per heavy atom. The molecule has 2 heterocycles. The minimum absolute atomic E-state index is 0.548. The van der Waals surface area contributed by atoms with Gasteiger partial charge in [0.25, 0.3) is 0 Å². The standard InChI is InChI=1S/C9H15FO5/c1-9(2)14-7-5(10)6(4(12)3-11)13-8(7)15-9/h4-8,11-12H,3H2,1-2H3. The Balaban J connectivity index is 2.05. The van der Waals surface area contributed by atoms with E-state index < -0.39 is 43.2 Å². The van der Waals surface area contributed by atoms with Crippen LogP contribution in [0.4, 0.5) is 4.39 Å². The molecule has 15 heavy (non-hydrogen) atoms. The van der Waals surface area contributed by atoms with Crippen molar-refractivity contribution in [3.63, 3.8) is 0 Å². The monoisotopic (exact) mass is 222 g/mol. The van der Waals surface area contributed by atoms with E-state index in [0.29, 0.717) is 0 Å². The van der Waals surface area contributed by atoms with Crippen molar-refractivity contribution in [2.45, 2.75) is 50.4 Å². The molecule has 0 aromatic carbocycles. The summed E-state index contributed by atoms with van der Waals surface area (Å²) in [5.74, 6) is -0.866. The van der Waals surface area contributed by atoms with Crippen molar-refractivity contribution in [2.24, 2.45) is 0 Å². The van der Waals surface area contributed by atoms with E-state index in [1.54, 1.807) is 13.8 Å². The van der Waals surface area contributed by atoms with Crippen LogP contribution >= 0.6 is 0 Å². The molecule has 0 saturated carbocycles. The van der Waals surface area contributed by atoms with Crippen LogP contribution in [0.25, 0.3) is 0 Å². The van der Waals surface area contributed by atoms with Crippen LogP contribution < -0.4 is 0 Å². The quantitative estimate of drug-likeness (QED) is 0.662. The number of ether oxygens (including phenoxy) is 3. The van der Waals surface area contributed by atoms with Crippen molar-refractivity contribution >= 4 is 0 Å². The van der Waals surface area contributed by atoms with Gasteiger partial charge in [0.2, 0.25) is 0 Å². The molecule has 2 aliphatic heterocycles. The van der Waals surface area contributed by atoms with Gasteiger partial charge in [-0.05, 0) is 13.8 Å². The molecule has 0 amide bonds. The number of aliphatic hydroxyl groups excluding tert-OH is 2. The minimum atomic E-state index is -1.49. The zero-order chi connectivity index (χ0) is 11.2. The molecule has 5 atom stereocenters. The number of aliphatic hydroxyl groups is 2. The minimum Gasteiger partial charge on any atom is -0.394 e. The van der Waals surface area contributed by atoms with Crippen LogP contribution in [0.15, 0.2) is 0 Å². The zero-order valence-corrected chi connectivity index (χ0v) is 8.59. The fraction of sp³-hybridized carbons (Fsp3) is 1.00. The molecule has 2 aliphatic rings. The third kappa shape index (κ3) is 1.88. The van der Waals surface area contributed by atoms with Crippen molar-refractivity contribution in [1.82, 2.24) is 0 Å². The van der Waals surface area contributed by atoms with Crippen molar-refractivity contribution in [3.05, 3.63) is 0 Å². The summed E-state index contributed by atoms with van der Waals surface area (Å²) in [5.41, 5.74) is 0. The normalized spacial score (nSPS) is 45.4. The molecule has 2 rings (SSSR count). The average Bonchev–Trinajstić information content (AvgIpc) is 2.60. The van der Waals surface area contributed by atoms with Gasteiger partial charge in [-0.2, -0.15) is 0 Å². The molecule has 6 heteroatoms. The van der Waals surface area contributed by atoms with Crippen molar-refractivity contribution in [1.29, 1.82) is 0 Å². The molecule has 0 aromatic heterocycles. The van der Waals surface area contributed by atoms with E-state index >= 15 is 0 Å². The van der Waals surface area contributed by atoms with E-state index in [1.807, 2.05) is 0 Å². The molecule has 2 N–H and O–H groups in total. The third-order valence-corrected chi connectivity index (χ3v) is 2.57. The van der Waals surface area contributed by atoms with Crippen molar-refractivity contribution in [2.75, 3.05) is 6.61 Å². The van der Waals surface area contributed by atoms with E-state index in [1.165, 1.54) is 0 Å². The summed E-state index contributed by atoms with van der Waals surface area (Å²) in [4.78, 5) is 0. The SMILES string of the molecule is CC1(C)OC2OC(C(O)CO)C(F)C2O1. The van der Waals surface area contributed by atoms with E-state index in [2.05, 4.69) is 0 Å². The van der Waals surface area contributed by atoms with Gasteiger partial charge in [-0.3, -0.25) is 0 Å². The summed E-state index contributed by atoms with van der Waals surface area (Å²) in [5, 5.41) is 18.0. The molecular weight excluding hydrogens is 207 g/mol. The maximum Gasteiger partial charge on any atom is 0.190 e. The molecule has 0 spiro atoms. The highest BCUT2D eigenvalue weighted by atomic mass is 19.1. The fourth-order valence-corrected chi connectivity index (χ4v) is 1.90. The Morgan fingerprint density at radius 3 is 2.60 bits per heavy atom. The van der Waals surface area contributed by atoms with Gasteiger partial charge in [0.05, 0.1) is 6.61 Å². The van der Waals surface area contributed by atoms with Crippen molar-refractivity contribution < 1.29 is 28.8 Å². The first-order chi connectivity index (χ1) is 6.94. The van der Waals surface area contributed by atoms with Gasteiger partial charge < -0.3 is 24.4 Å². The molecule has 0 aromatic rings. The second kappa shape index (κ2) is 3.64. The van der Waals surface area contributed by atoms with Gasteiger partial charge in [0, 0.05) is 0 Å². The Morgan fingerprint density at radius 2 is 2.07 bits per heavy atom. The third-order valence-electron chi connectivity index (χ3n) is 2.57. The summed E-state index contributed by atoms with van der Waals surface area (Å²) in [7, 11) is 0. The maximum absolute atomic E-state index is 13.7. The highest BCUT2D eigenvalue weighted by Gasteiger charge is 2.56. The van der Waals surface area contributed by atoms with E-state index in [4.69, 9.17) is 19.3 Å². The maximum atomic E-state index is 13.7. The molecule has 5 nitrogen and oxygen atoms in total. The van der Waals surface area contributed by atoms with E-state index in [9.17, 15) is 9.50 Å². The summed E-state index contributed by atoms with van der Waals surface area (Å²) < 4.78 is 29.5. The Labute approximate surface area is 86.7 Å². The second-order valence-electron chi connectivity index (χ2n) is 4.26. The van der Waals surface area contributed by atoms with Gasteiger partial charge in [0.15, 0.2) is 18.2 Å². The first-order valence-electron chi connectivity index (χ1n) is 4.89. The Kier molecular flexibility index (Phi) is 2.72. The van der Waals surface area contributed by atoms with Gasteiger partial charge >= 0.3 is 0 Å². The van der Waals surface area contributed by atoms with Gasteiger partial charge in [0.1, 0.15) is 18.3 Å². The fourth-order valence-electron chi connectivity index (χ4n) is 1.90. The predicted molar refractivity (Wildman–Crippen MR) is 46.7 cm³/mol. The first-order valence-corrected chi connectivity index (χ1v) is 4.89. The lowest BCUT2D eigenvalue weighted by Crippen LogP contribution is -2.40. The highest BCUT2D eigenvalue weighted by Crippen LogP contribution is 2.39. The Bertz CT molecular complexity index is 247. The predicted octanol–water partition coefficient (Wildman–Crippen LogP) is -0.446. The summed E-state index contributed by atoms with van der Waals surface area (Å²) in [6.45, 7) is 2.78. The number of hydrogen-bond acceptors (Lipinski definition) is 5. The number of alkyl halides is 1.